The van der Waals surface area contributed by atoms with Crippen molar-refractivity contribution in [3.05, 3.63) is 11.9 Å². The van der Waals surface area contributed by atoms with E-state index in [1.807, 2.05) is 13.8 Å². The molecule has 1 rings (SSSR count). The number of nitrogens with one attached hydrogen (secondary N) is 1. The molecule has 0 aliphatic rings. The maximum atomic E-state index is 9.36. The van der Waals surface area contributed by atoms with Gasteiger partial charge >= 0.3 is 0 Å². The highest BCUT2D eigenvalue weighted by Crippen LogP contribution is 2.24. The largest absolute Gasteiger partial charge is 0.481 e. The highest BCUT2D eigenvalue weighted by Gasteiger charge is 2.27. The lowest BCUT2D eigenvalue weighted by Gasteiger charge is -2.30. The van der Waals surface area contributed by atoms with Gasteiger partial charge in [-0.15, -0.1) is 0 Å². The van der Waals surface area contributed by atoms with Gasteiger partial charge in [0.05, 0.1) is 31.4 Å². The zero-order valence-corrected chi connectivity index (χ0v) is 10.4. The predicted octanol–water partition coefficient (Wildman–Crippen LogP) is 0.339. The van der Waals surface area contributed by atoms with Crippen LogP contribution in [0.1, 0.15) is 18.9 Å². The summed E-state index contributed by atoms with van der Waals surface area (Å²) in [6.45, 7) is 3.35. The molecule has 0 unspecified atom stereocenters. The SMILES string of the molecule is CCC(CO)(CO)Nc1ncnc(OC)c1C. The van der Waals surface area contributed by atoms with Gasteiger partial charge < -0.3 is 20.3 Å². The monoisotopic (exact) mass is 241 g/mol. The minimum Gasteiger partial charge on any atom is -0.481 e. The second kappa shape index (κ2) is 5.79. The lowest BCUT2D eigenvalue weighted by Crippen LogP contribution is -2.45. The van der Waals surface area contributed by atoms with Crippen molar-refractivity contribution in [2.24, 2.45) is 0 Å². The number of nitrogens with zero attached hydrogens (tertiary/aromatic N) is 2. The van der Waals surface area contributed by atoms with Gasteiger partial charge in [0, 0.05) is 0 Å². The van der Waals surface area contributed by atoms with E-state index in [0.29, 0.717) is 18.1 Å². The molecule has 0 aromatic carbocycles. The molecule has 0 saturated heterocycles. The van der Waals surface area contributed by atoms with Gasteiger partial charge in [-0.05, 0) is 13.3 Å². The number of aliphatic hydroxyl groups is 2. The fourth-order valence-corrected chi connectivity index (χ4v) is 1.46. The summed E-state index contributed by atoms with van der Waals surface area (Å²) >= 11 is 0. The van der Waals surface area contributed by atoms with E-state index in [1.165, 1.54) is 13.4 Å². The van der Waals surface area contributed by atoms with E-state index in [4.69, 9.17) is 4.74 Å². The minimum absolute atomic E-state index is 0.175. The number of methoxy groups -OCH3 is 1. The van der Waals surface area contributed by atoms with Crippen molar-refractivity contribution in [3.63, 3.8) is 0 Å². The molecule has 6 heteroatoms. The molecule has 0 amide bonds. The van der Waals surface area contributed by atoms with E-state index in [0.717, 1.165) is 5.56 Å². The molecule has 6 nitrogen and oxygen atoms in total. The third-order valence-corrected chi connectivity index (χ3v) is 2.90. The van der Waals surface area contributed by atoms with Crippen molar-refractivity contribution in [2.75, 3.05) is 25.6 Å². The van der Waals surface area contributed by atoms with Crippen molar-refractivity contribution in [1.82, 2.24) is 9.97 Å². The normalized spacial score (nSPS) is 11.4. The molecule has 0 aliphatic heterocycles. The quantitative estimate of drug-likeness (QED) is 0.665. The first-order chi connectivity index (χ1) is 8.12. The van der Waals surface area contributed by atoms with Crippen LogP contribution in [0, 0.1) is 6.92 Å². The molecule has 0 fully saturated rings. The third kappa shape index (κ3) is 2.83. The van der Waals surface area contributed by atoms with Crippen LogP contribution < -0.4 is 10.1 Å². The lowest BCUT2D eigenvalue weighted by atomic mass is 9.98. The summed E-state index contributed by atoms with van der Waals surface area (Å²) in [7, 11) is 1.53. The lowest BCUT2D eigenvalue weighted by molar-refractivity contribution is 0.132. The number of ether oxygens (including phenoxy) is 1. The third-order valence-electron chi connectivity index (χ3n) is 2.90. The maximum Gasteiger partial charge on any atom is 0.221 e. The molecule has 3 N–H and O–H groups in total. The average molecular weight is 241 g/mol. The summed E-state index contributed by atoms with van der Waals surface area (Å²) in [6.07, 6.45) is 1.95. The topological polar surface area (TPSA) is 87.5 Å². The minimum atomic E-state index is -0.774. The molecule has 96 valence electrons. The first-order valence-electron chi connectivity index (χ1n) is 5.48. The van der Waals surface area contributed by atoms with Crippen molar-refractivity contribution in [2.45, 2.75) is 25.8 Å². The van der Waals surface area contributed by atoms with Gasteiger partial charge in [0.2, 0.25) is 5.88 Å². The summed E-state index contributed by atoms with van der Waals surface area (Å²) in [4.78, 5) is 8.06. The summed E-state index contributed by atoms with van der Waals surface area (Å²) in [6, 6.07) is 0. The molecular weight excluding hydrogens is 222 g/mol. The van der Waals surface area contributed by atoms with Gasteiger partial charge in [-0.3, -0.25) is 0 Å². The molecule has 0 bridgehead atoms. The molecule has 1 aromatic rings. The summed E-state index contributed by atoms with van der Waals surface area (Å²) < 4.78 is 5.08. The van der Waals surface area contributed by atoms with Crippen LogP contribution in [0.3, 0.4) is 0 Å². The van der Waals surface area contributed by atoms with Gasteiger partial charge in [0.15, 0.2) is 0 Å². The van der Waals surface area contributed by atoms with Gasteiger partial charge in [0.25, 0.3) is 0 Å². The Morgan fingerprint density at radius 2 is 2.00 bits per heavy atom. The average Bonchev–Trinajstić information content (AvgIpc) is 2.38. The van der Waals surface area contributed by atoms with Crippen LogP contribution >= 0.6 is 0 Å². The van der Waals surface area contributed by atoms with Crippen LogP contribution in [0.4, 0.5) is 5.82 Å². The Morgan fingerprint density at radius 3 is 2.47 bits per heavy atom. The Labute approximate surface area is 101 Å². The molecule has 0 aliphatic carbocycles. The molecular formula is C11H19N3O3. The highest BCUT2D eigenvalue weighted by molar-refractivity contribution is 5.49. The van der Waals surface area contributed by atoms with E-state index in [2.05, 4.69) is 15.3 Å². The van der Waals surface area contributed by atoms with E-state index in [-0.39, 0.29) is 13.2 Å². The summed E-state index contributed by atoms with van der Waals surface area (Å²) in [5, 5.41) is 21.8. The zero-order valence-electron chi connectivity index (χ0n) is 10.4. The molecule has 0 atom stereocenters. The van der Waals surface area contributed by atoms with Crippen LogP contribution in [0.25, 0.3) is 0 Å². The van der Waals surface area contributed by atoms with Crippen LogP contribution in [0.2, 0.25) is 0 Å². The van der Waals surface area contributed by atoms with Crippen LogP contribution in [-0.4, -0.2) is 46.0 Å². The fourth-order valence-electron chi connectivity index (χ4n) is 1.46. The molecule has 1 aromatic heterocycles. The highest BCUT2D eigenvalue weighted by atomic mass is 16.5. The van der Waals surface area contributed by atoms with Crippen molar-refractivity contribution >= 4 is 5.82 Å². The molecule has 0 radical (unpaired) electrons. The number of rotatable bonds is 6. The first kappa shape index (κ1) is 13.7. The van der Waals surface area contributed by atoms with Gasteiger partial charge in [-0.25, -0.2) is 9.97 Å². The Morgan fingerprint density at radius 1 is 1.35 bits per heavy atom. The summed E-state index contributed by atoms with van der Waals surface area (Å²) in [5.41, 5.74) is -0.0286. The van der Waals surface area contributed by atoms with Crippen LogP contribution in [0.5, 0.6) is 5.88 Å². The van der Waals surface area contributed by atoms with Gasteiger partial charge in [-0.2, -0.15) is 0 Å². The maximum absolute atomic E-state index is 9.36. The number of hydrogen-bond acceptors (Lipinski definition) is 6. The summed E-state index contributed by atoms with van der Waals surface area (Å²) in [5.74, 6) is 1.03. The fraction of sp³-hybridized carbons (Fsp3) is 0.636. The standard InChI is InChI=1S/C11H19N3O3/c1-4-11(5-15,6-16)14-9-8(2)10(17-3)13-7-12-9/h7,15-16H,4-6H2,1-3H3,(H,12,13,14). The second-order valence-corrected chi connectivity index (χ2v) is 3.93. The Bertz CT molecular complexity index is 359. The molecule has 0 saturated carbocycles. The zero-order chi connectivity index (χ0) is 12.9. The number of aromatic nitrogens is 2. The van der Waals surface area contributed by atoms with E-state index in [1.54, 1.807) is 0 Å². The second-order valence-electron chi connectivity index (χ2n) is 3.93. The van der Waals surface area contributed by atoms with Crippen LogP contribution in [0.15, 0.2) is 6.33 Å². The van der Waals surface area contributed by atoms with Crippen LogP contribution in [-0.2, 0) is 0 Å². The first-order valence-corrected chi connectivity index (χ1v) is 5.48. The van der Waals surface area contributed by atoms with Gasteiger partial charge in [0.1, 0.15) is 12.1 Å². The van der Waals surface area contributed by atoms with E-state index >= 15 is 0 Å². The van der Waals surface area contributed by atoms with Crippen molar-refractivity contribution in [1.29, 1.82) is 0 Å². The molecule has 17 heavy (non-hydrogen) atoms. The Balaban J connectivity index is 3.01. The smallest absolute Gasteiger partial charge is 0.221 e. The van der Waals surface area contributed by atoms with Crippen molar-refractivity contribution < 1.29 is 14.9 Å². The molecule has 1 heterocycles. The predicted molar refractivity (Wildman–Crippen MR) is 64.1 cm³/mol. The van der Waals surface area contributed by atoms with E-state index < -0.39 is 5.54 Å². The number of aliphatic hydroxyl groups excluding tert-OH is 2. The Hall–Kier alpha value is -1.40. The number of anilines is 1. The molecule has 0 spiro atoms. The van der Waals surface area contributed by atoms with Crippen molar-refractivity contribution in [3.8, 4) is 5.88 Å². The Kier molecular flexibility index (Phi) is 4.65. The van der Waals surface area contributed by atoms with Gasteiger partial charge in [-0.1, -0.05) is 6.92 Å². The van der Waals surface area contributed by atoms with E-state index in [9.17, 15) is 10.2 Å². The number of hydrogen-bond donors (Lipinski definition) is 3.